The van der Waals surface area contributed by atoms with Gasteiger partial charge in [0.15, 0.2) is 5.54 Å². The number of aliphatic carboxylic acids is 1. The molecule has 0 aliphatic heterocycles. The van der Waals surface area contributed by atoms with E-state index in [1.54, 1.807) is 13.3 Å². The molecule has 0 bridgehead atoms. The predicted octanol–water partition coefficient (Wildman–Crippen LogP) is 0.504. The molecule has 0 atom stereocenters. The Morgan fingerprint density at radius 3 is 2.94 bits per heavy atom. The molecule has 1 aliphatic carbocycles. The van der Waals surface area contributed by atoms with Crippen molar-refractivity contribution in [3.63, 3.8) is 0 Å². The average molecular weight is 225 g/mol. The zero-order chi connectivity index (χ0) is 11.6. The minimum absolute atomic E-state index is 0.403. The van der Waals surface area contributed by atoms with Gasteiger partial charge in [0, 0.05) is 19.9 Å². The SMILES string of the molecule is COCCC1CC(C(=O)O)(n2ccnn2)C1. The van der Waals surface area contributed by atoms with E-state index in [-0.39, 0.29) is 0 Å². The summed E-state index contributed by atoms with van der Waals surface area (Å²) in [7, 11) is 1.65. The van der Waals surface area contributed by atoms with Crippen molar-refractivity contribution in [1.82, 2.24) is 15.0 Å². The van der Waals surface area contributed by atoms with Gasteiger partial charge in [-0.3, -0.25) is 0 Å². The van der Waals surface area contributed by atoms with Crippen molar-refractivity contribution in [2.24, 2.45) is 5.92 Å². The van der Waals surface area contributed by atoms with E-state index in [0.29, 0.717) is 25.4 Å². The molecule has 0 aromatic carbocycles. The summed E-state index contributed by atoms with van der Waals surface area (Å²) in [5.74, 6) is -0.424. The molecular weight excluding hydrogens is 210 g/mol. The van der Waals surface area contributed by atoms with Crippen LogP contribution in [0.25, 0.3) is 0 Å². The third-order valence-electron chi connectivity index (χ3n) is 3.24. The summed E-state index contributed by atoms with van der Waals surface area (Å²) in [5, 5.41) is 16.7. The lowest BCUT2D eigenvalue weighted by atomic mass is 9.67. The number of carboxylic acids is 1. The Kier molecular flexibility index (Phi) is 2.91. The third kappa shape index (κ3) is 1.69. The molecule has 1 fully saturated rings. The fourth-order valence-electron chi connectivity index (χ4n) is 2.28. The van der Waals surface area contributed by atoms with Gasteiger partial charge in [-0.05, 0) is 25.2 Å². The van der Waals surface area contributed by atoms with E-state index in [1.165, 1.54) is 10.9 Å². The van der Waals surface area contributed by atoms with Crippen molar-refractivity contribution in [2.75, 3.05) is 13.7 Å². The van der Waals surface area contributed by atoms with Gasteiger partial charge in [-0.2, -0.15) is 0 Å². The Bertz CT molecular complexity index is 357. The van der Waals surface area contributed by atoms with Crippen molar-refractivity contribution < 1.29 is 14.6 Å². The van der Waals surface area contributed by atoms with Gasteiger partial charge in [0.25, 0.3) is 0 Å². The van der Waals surface area contributed by atoms with Crippen LogP contribution in [0, 0.1) is 5.92 Å². The molecule has 1 aromatic rings. The Hall–Kier alpha value is -1.43. The molecule has 6 nitrogen and oxygen atoms in total. The lowest BCUT2D eigenvalue weighted by Crippen LogP contribution is -2.53. The monoisotopic (exact) mass is 225 g/mol. The van der Waals surface area contributed by atoms with Gasteiger partial charge < -0.3 is 9.84 Å². The van der Waals surface area contributed by atoms with Gasteiger partial charge in [0.2, 0.25) is 0 Å². The summed E-state index contributed by atoms with van der Waals surface area (Å²) < 4.78 is 6.44. The van der Waals surface area contributed by atoms with E-state index < -0.39 is 11.5 Å². The Balaban J connectivity index is 2.03. The molecule has 1 aromatic heterocycles. The number of ether oxygens (including phenoxy) is 1. The van der Waals surface area contributed by atoms with E-state index in [4.69, 9.17) is 4.74 Å². The first-order valence-corrected chi connectivity index (χ1v) is 5.28. The summed E-state index contributed by atoms with van der Waals surface area (Å²) in [6.45, 7) is 0.678. The molecule has 2 rings (SSSR count). The molecule has 1 heterocycles. The summed E-state index contributed by atoms with van der Waals surface area (Å²) in [4.78, 5) is 11.3. The van der Waals surface area contributed by atoms with Gasteiger partial charge in [-0.15, -0.1) is 5.10 Å². The number of hydrogen-bond acceptors (Lipinski definition) is 4. The Morgan fingerprint density at radius 1 is 1.69 bits per heavy atom. The maximum Gasteiger partial charge on any atom is 0.331 e. The van der Waals surface area contributed by atoms with Crippen LogP contribution in [0.4, 0.5) is 0 Å². The molecule has 16 heavy (non-hydrogen) atoms. The molecule has 0 unspecified atom stereocenters. The maximum absolute atomic E-state index is 11.3. The van der Waals surface area contributed by atoms with E-state index in [1.807, 2.05) is 0 Å². The van der Waals surface area contributed by atoms with Crippen molar-refractivity contribution in [2.45, 2.75) is 24.8 Å². The van der Waals surface area contributed by atoms with Crippen LogP contribution in [-0.2, 0) is 15.1 Å². The standard InChI is InChI=1S/C10H15N3O3/c1-16-5-2-8-6-10(7-8,9(14)15)13-4-3-11-12-13/h3-4,8H,2,5-7H2,1H3,(H,14,15). The van der Waals surface area contributed by atoms with E-state index in [0.717, 1.165) is 6.42 Å². The third-order valence-corrected chi connectivity index (χ3v) is 3.24. The molecule has 88 valence electrons. The van der Waals surface area contributed by atoms with Crippen molar-refractivity contribution in [3.8, 4) is 0 Å². The molecule has 0 spiro atoms. The first-order valence-electron chi connectivity index (χ1n) is 5.28. The molecule has 0 amide bonds. The fourth-order valence-corrected chi connectivity index (χ4v) is 2.28. The molecular formula is C10H15N3O3. The van der Waals surface area contributed by atoms with Gasteiger partial charge in [-0.25, -0.2) is 9.48 Å². The zero-order valence-electron chi connectivity index (χ0n) is 9.17. The largest absolute Gasteiger partial charge is 0.479 e. The van der Waals surface area contributed by atoms with Crippen molar-refractivity contribution in [1.29, 1.82) is 0 Å². The minimum Gasteiger partial charge on any atom is -0.479 e. The highest BCUT2D eigenvalue weighted by atomic mass is 16.5. The van der Waals surface area contributed by atoms with E-state index >= 15 is 0 Å². The van der Waals surface area contributed by atoms with Crippen LogP contribution in [0.3, 0.4) is 0 Å². The lowest BCUT2D eigenvalue weighted by Gasteiger charge is -2.43. The number of carboxylic acid groups (broad SMARTS) is 1. The molecule has 6 heteroatoms. The molecule has 0 saturated heterocycles. The lowest BCUT2D eigenvalue weighted by molar-refractivity contribution is -0.157. The molecule has 0 radical (unpaired) electrons. The van der Waals surface area contributed by atoms with E-state index in [2.05, 4.69) is 10.3 Å². The van der Waals surface area contributed by atoms with Crippen LogP contribution < -0.4 is 0 Å². The number of methoxy groups -OCH3 is 1. The summed E-state index contributed by atoms with van der Waals surface area (Å²) in [6.07, 6.45) is 5.23. The predicted molar refractivity (Wildman–Crippen MR) is 54.8 cm³/mol. The average Bonchev–Trinajstić information content (AvgIpc) is 2.69. The second kappa shape index (κ2) is 4.21. The van der Waals surface area contributed by atoms with Gasteiger partial charge in [0.05, 0.1) is 6.20 Å². The number of rotatable bonds is 5. The van der Waals surface area contributed by atoms with Crippen LogP contribution in [0.5, 0.6) is 0 Å². The summed E-state index contributed by atoms with van der Waals surface area (Å²) in [5.41, 5.74) is -0.880. The second-order valence-electron chi connectivity index (χ2n) is 4.24. The smallest absolute Gasteiger partial charge is 0.331 e. The first-order chi connectivity index (χ1) is 7.69. The Labute approximate surface area is 93.2 Å². The van der Waals surface area contributed by atoms with Gasteiger partial charge >= 0.3 is 5.97 Å². The maximum atomic E-state index is 11.3. The van der Waals surface area contributed by atoms with Gasteiger partial charge in [-0.1, -0.05) is 5.21 Å². The van der Waals surface area contributed by atoms with Crippen LogP contribution in [-0.4, -0.2) is 39.8 Å². The molecule has 1 N–H and O–H groups in total. The van der Waals surface area contributed by atoms with E-state index in [9.17, 15) is 9.90 Å². The minimum atomic E-state index is -0.880. The zero-order valence-corrected chi connectivity index (χ0v) is 9.17. The highest BCUT2D eigenvalue weighted by Crippen LogP contribution is 2.45. The second-order valence-corrected chi connectivity index (χ2v) is 4.24. The number of nitrogens with zero attached hydrogens (tertiary/aromatic N) is 3. The topological polar surface area (TPSA) is 77.2 Å². The number of carbonyl (C=O) groups is 1. The van der Waals surface area contributed by atoms with Crippen LogP contribution >= 0.6 is 0 Å². The van der Waals surface area contributed by atoms with Crippen molar-refractivity contribution >= 4 is 5.97 Å². The van der Waals surface area contributed by atoms with Gasteiger partial charge in [0.1, 0.15) is 0 Å². The highest BCUT2D eigenvalue weighted by Gasteiger charge is 2.52. The molecule has 1 saturated carbocycles. The fraction of sp³-hybridized carbons (Fsp3) is 0.700. The van der Waals surface area contributed by atoms with Crippen LogP contribution in [0.2, 0.25) is 0 Å². The Morgan fingerprint density at radius 2 is 2.44 bits per heavy atom. The first kappa shape index (κ1) is 11.1. The summed E-state index contributed by atoms with van der Waals surface area (Å²) >= 11 is 0. The van der Waals surface area contributed by atoms with Crippen LogP contribution in [0.1, 0.15) is 19.3 Å². The quantitative estimate of drug-likeness (QED) is 0.789. The number of hydrogen-bond donors (Lipinski definition) is 1. The van der Waals surface area contributed by atoms with Crippen LogP contribution in [0.15, 0.2) is 12.4 Å². The normalized spacial score (nSPS) is 28.7. The van der Waals surface area contributed by atoms with Crippen molar-refractivity contribution in [3.05, 3.63) is 12.4 Å². The number of aromatic nitrogens is 3. The highest BCUT2D eigenvalue weighted by molar-refractivity contribution is 5.77. The molecule has 1 aliphatic rings. The summed E-state index contributed by atoms with van der Waals surface area (Å²) in [6, 6.07) is 0.